The summed E-state index contributed by atoms with van der Waals surface area (Å²) in [6.45, 7) is 2.03. The Morgan fingerprint density at radius 1 is 1.19 bits per heavy atom. The van der Waals surface area contributed by atoms with Gasteiger partial charge in [0, 0.05) is 28.9 Å². The molecule has 1 heterocycles. The number of nitrogens with zero attached hydrogens (tertiary/aromatic N) is 1. The molecule has 0 spiro atoms. The molecule has 2 aromatic rings. The molecule has 1 atom stereocenters. The van der Waals surface area contributed by atoms with Gasteiger partial charge in [0.05, 0.1) is 7.11 Å². The van der Waals surface area contributed by atoms with Crippen molar-refractivity contribution < 1.29 is 9.53 Å². The molecule has 1 fully saturated rings. The van der Waals surface area contributed by atoms with Crippen molar-refractivity contribution in [3.63, 3.8) is 0 Å². The normalized spacial score (nSPS) is 21.0. The maximum atomic E-state index is 12.6. The quantitative estimate of drug-likeness (QED) is 0.775. The molecule has 1 unspecified atom stereocenters. The maximum Gasteiger partial charge on any atom is 0.227 e. The third kappa shape index (κ3) is 4.55. The average Bonchev–Trinajstić information content (AvgIpc) is 2.69. The third-order valence-corrected chi connectivity index (χ3v) is 5.70. The lowest BCUT2D eigenvalue weighted by Gasteiger charge is -2.32. The van der Waals surface area contributed by atoms with Crippen molar-refractivity contribution in [1.29, 1.82) is 0 Å². The van der Waals surface area contributed by atoms with E-state index in [0.29, 0.717) is 22.7 Å². The van der Waals surface area contributed by atoms with Crippen molar-refractivity contribution in [2.45, 2.75) is 38.5 Å². The minimum absolute atomic E-state index is 0.00129. The van der Waals surface area contributed by atoms with Gasteiger partial charge in [-0.15, -0.1) is 0 Å². The lowest BCUT2D eigenvalue weighted by Crippen LogP contribution is -2.29. The van der Waals surface area contributed by atoms with Gasteiger partial charge in [-0.2, -0.15) is 0 Å². The van der Waals surface area contributed by atoms with Gasteiger partial charge in [-0.05, 0) is 73.4 Å². The van der Waals surface area contributed by atoms with Gasteiger partial charge in [0.2, 0.25) is 11.8 Å². The molecule has 4 nitrogen and oxygen atoms in total. The first-order chi connectivity index (χ1) is 12.6. The van der Waals surface area contributed by atoms with Crippen molar-refractivity contribution in [2.75, 3.05) is 12.4 Å². The number of amides is 1. The second-order valence-corrected chi connectivity index (χ2v) is 7.46. The van der Waals surface area contributed by atoms with Gasteiger partial charge < -0.3 is 10.1 Å². The summed E-state index contributed by atoms with van der Waals surface area (Å²) >= 11 is 5.89. The topological polar surface area (TPSA) is 51.2 Å². The number of carbonyl (C=O) groups is 1. The van der Waals surface area contributed by atoms with Crippen molar-refractivity contribution in [1.82, 2.24) is 4.98 Å². The van der Waals surface area contributed by atoms with E-state index in [0.717, 1.165) is 31.4 Å². The molecule has 138 valence electrons. The Kier molecular flexibility index (Phi) is 6.15. The van der Waals surface area contributed by atoms with E-state index in [1.807, 2.05) is 31.3 Å². The largest absolute Gasteiger partial charge is 0.481 e. The molecule has 26 heavy (non-hydrogen) atoms. The molecule has 0 saturated heterocycles. The summed E-state index contributed by atoms with van der Waals surface area (Å²) in [5, 5.41) is 3.67. The lowest BCUT2D eigenvalue weighted by molar-refractivity contribution is -0.121. The highest BCUT2D eigenvalue weighted by molar-refractivity contribution is 6.30. The van der Waals surface area contributed by atoms with Crippen molar-refractivity contribution in [2.24, 2.45) is 11.8 Å². The highest BCUT2D eigenvalue weighted by atomic mass is 35.5. The van der Waals surface area contributed by atoms with Gasteiger partial charge in [-0.25, -0.2) is 4.98 Å². The molecule has 0 bridgehead atoms. The number of rotatable bonds is 5. The zero-order chi connectivity index (χ0) is 18.5. The van der Waals surface area contributed by atoms with E-state index in [-0.39, 0.29) is 11.8 Å². The van der Waals surface area contributed by atoms with Crippen LogP contribution in [-0.2, 0) is 4.79 Å². The zero-order valence-electron chi connectivity index (χ0n) is 15.2. The van der Waals surface area contributed by atoms with Crippen LogP contribution in [0.4, 0.5) is 5.69 Å². The second kappa shape index (κ2) is 8.54. The molecule has 3 rings (SSSR count). The van der Waals surface area contributed by atoms with Gasteiger partial charge in [0.1, 0.15) is 0 Å². The number of carbonyl (C=O) groups excluding carboxylic acids is 1. The average molecular weight is 373 g/mol. The first kappa shape index (κ1) is 18.7. The summed E-state index contributed by atoms with van der Waals surface area (Å²) in [5.41, 5.74) is 2.08. The Morgan fingerprint density at radius 3 is 2.54 bits per heavy atom. The molecule has 1 aliphatic rings. The summed E-state index contributed by atoms with van der Waals surface area (Å²) < 4.78 is 5.23. The van der Waals surface area contributed by atoms with Crippen LogP contribution in [0.3, 0.4) is 0 Å². The fourth-order valence-corrected chi connectivity index (χ4v) is 3.87. The van der Waals surface area contributed by atoms with E-state index in [1.165, 1.54) is 5.56 Å². The molecule has 1 amide bonds. The highest BCUT2D eigenvalue weighted by Crippen LogP contribution is 2.39. The summed E-state index contributed by atoms with van der Waals surface area (Å²) in [6.07, 6.45) is 6.12. The summed E-state index contributed by atoms with van der Waals surface area (Å²) in [7, 11) is 1.64. The number of anilines is 1. The van der Waals surface area contributed by atoms with Crippen molar-refractivity contribution >= 4 is 23.2 Å². The van der Waals surface area contributed by atoms with Crippen LogP contribution in [0.15, 0.2) is 42.6 Å². The third-order valence-electron chi connectivity index (χ3n) is 5.44. The molecule has 1 N–H and O–H groups in total. The van der Waals surface area contributed by atoms with E-state index in [1.54, 1.807) is 19.2 Å². The van der Waals surface area contributed by atoms with Crippen LogP contribution in [0.5, 0.6) is 5.88 Å². The van der Waals surface area contributed by atoms with E-state index in [4.69, 9.17) is 16.3 Å². The molecule has 0 aliphatic heterocycles. The molecule has 0 radical (unpaired) electrons. The number of methoxy groups -OCH3 is 1. The number of aromatic nitrogens is 1. The number of ether oxygens (including phenoxy) is 1. The Morgan fingerprint density at radius 2 is 1.88 bits per heavy atom. The monoisotopic (exact) mass is 372 g/mol. The highest BCUT2D eigenvalue weighted by Gasteiger charge is 2.29. The molecular formula is C21H25ClN2O2. The first-order valence-corrected chi connectivity index (χ1v) is 9.51. The lowest BCUT2D eigenvalue weighted by atomic mass is 9.74. The van der Waals surface area contributed by atoms with E-state index < -0.39 is 0 Å². The summed E-state index contributed by atoms with van der Waals surface area (Å²) in [5.74, 6) is 1.69. The number of hydrogen-bond donors (Lipinski definition) is 1. The zero-order valence-corrected chi connectivity index (χ0v) is 16.0. The first-order valence-electron chi connectivity index (χ1n) is 9.13. The Hall–Kier alpha value is -2.07. The predicted molar refractivity (Wildman–Crippen MR) is 105 cm³/mol. The van der Waals surface area contributed by atoms with Crippen LogP contribution >= 0.6 is 11.6 Å². The molecular weight excluding hydrogens is 348 g/mol. The molecule has 1 aliphatic carbocycles. The van der Waals surface area contributed by atoms with Gasteiger partial charge >= 0.3 is 0 Å². The minimum atomic E-state index is -0.00129. The number of benzene rings is 1. The summed E-state index contributed by atoms with van der Waals surface area (Å²) in [4.78, 5) is 16.7. The van der Waals surface area contributed by atoms with Crippen molar-refractivity contribution in [3.8, 4) is 5.88 Å². The number of nitrogens with one attached hydrogen (secondary N) is 1. The minimum Gasteiger partial charge on any atom is -0.481 e. The standard InChI is InChI=1S/C21H25ClN2O2/c1-14(21(25)24-19-9-7-18(22)8-10-19)15-3-5-16(6-4-15)17-11-12-23-20(13-17)26-2/h7-16H,3-6H2,1-2H3,(H,24,25). The Labute approximate surface area is 159 Å². The van der Waals surface area contributed by atoms with Crippen LogP contribution in [0.1, 0.15) is 44.1 Å². The van der Waals surface area contributed by atoms with Crippen LogP contribution in [0, 0.1) is 11.8 Å². The number of hydrogen-bond acceptors (Lipinski definition) is 3. The molecule has 5 heteroatoms. The second-order valence-electron chi connectivity index (χ2n) is 7.03. The molecule has 1 aromatic heterocycles. The number of pyridine rings is 1. The van der Waals surface area contributed by atoms with E-state index >= 15 is 0 Å². The van der Waals surface area contributed by atoms with Gasteiger partial charge in [-0.1, -0.05) is 18.5 Å². The van der Waals surface area contributed by atoms with Crippen molar-refractivity contribution in [3.05, 3.63) is 53.2 Å². The van der Waals surface area contributed by atoms with E-state index in [9.17, 15) is 4.79 Å². The number of halogens is 1. The maximum absolute atomic E-state index is 12.6. The Balaban J connectivity index is 1.55. The van der Waals surface area contributed by atoms with E-state index in [2.05, 4.69) is 16.4 Å². The van der Waals surface area contributed by atoms with Gasteiger partial charge in [-0.3, -0.25) is 4.79 Å². The van der Waals surface area contributed by atoms with Crippen LogP contribution < -0.4 is 10.1 Å². The van der Waals surface area contributed by atoms with Crippen LogP contribution in [0.25, 0.3) is 0 Å². The van der Waals surface area contributed by atoms with Gasteiger partial charge in [0.15, 0.2) is 0 Å². The fourth-order valence-electron chi connectivity index (χ4n) is 3.75. The predicted octanol–water partition coefficient (Wildman–Crippen LogP) is 5.29. The molecule has 1 aromatic carbocycles. The SMILES string of the molecule is COc1cc(C2CCC(C(C)C(=O)Nc3ccc(Cl)cc3)CC2)ccn1. The van der Waals surface area contributed by atoms with Crippen LogP contribution in [-0.4, -0.2) is 18.0 Å². The smallest absolute Gasteiger partial charge is 0.227 e. The van der Waals surface area contributed by atoms with Crippen LogP contribution in [0.2, 0.25) is 5.02 Å². The Bertz CT molecular complexity index is 740. The molecule has 1 saturated carbocycles. The summed E-state index contributed by atoms with van der Waals surface area (Å²) in [6, 6.07) is 11.3. The van der Waals surface area contributed by atoms with Gasteiger partial charge in [0.25, 0.3) is 0 Å². The fraction of sp³-hybridized carbons (Fsp3) is 0.429.